The summed E-state index contributed by atoms with van der Waals surface area (Å²) >= 11 is 0. The second-order valence-corrected chi connectivity index (χ2v) is 5.08. The van der Waals surface area contributed by atoms with Crippen molar-refractivity contribution < 1.29 is 19.4 Å². The van der Waals surface area contributed by atoms with E-state index in [1.54, 1.807) is 0 Å². The summed E-state index contributed by atoms with van der Waals surface area (Å²) in [6, 6.07) is 5.47. The van der Waals surface area contributed by atoms with E-state index in [4.69, 9.17) is 14.6 Å². The lowest BCUT2D eigenvalue weighted by Gasteiger charge is -2.17. The van der Waals surface area contributed by atoms with Gasteiger partial charge in [0, 0.05) is 12.1 Å². The summed E-state index contributed by atoms with van der Waals surface area (Å²) in [4.78, 5) is 10.6. The molecule has 0 amide bonds. The molecule has 1 N–H and O–H groups in total. The van der Waals surface area contributed by atoms with E-state index < -0.39 is 5.97 Å². The molecule has 2 atom stereocenters. The van der Waals surface area contributed by atoms with Crippen LogP contribution in [-0.2, 0) is 4.79 Å². The van der Waals surface area contributed by atoms with Crippen LogP contribution in [0.3, 0.4) is 0 Å². The van der Waals surface area contributed by atoms with Crippen LogP contribution in [-0.4, -0.2) is 23.3 Å². The number of carboxylic acid groups (broad SMARTS) is 1. The van der Waals surface area contributed by atoms with E-state index in [0.29, 0.717) is 11.5 Å². The van der Waals surface area contributed by atoms with Gasteiger partial charge in [0.1, 0.15) is 11.5 Å². The third-order valence-corrected chi connectivity index (χ3v) is 3.15. The zero-order chi connectivity index (χ0) is 15.8. The molecule has 0 heterocycles. The lowest BCUT2D eigenvalue weighted by atomic mass is 10.1. The first-order chi connectivity index (χ1) is 9.94. The van der Waals surface area contributed by atoms with E-state index in [-0.39, 0.29) is 12.2 Å². The molecule has 21 heavy (non-hydrogen) atoms. The first-order valence-electron chi connectivity index (χ1n) is 7.34. The second-order valence-electron chi connectivity index (χ2n) is 5.08. The first-order valence-corrected chi connectivity index (χ1v) is 7.34. The predicted molar refractivity (Wildman–Crippen MR) is 83.9 cm³/mol. The van der Waals surface area contributed by atoms with Crippen LogP contribution < -0.4 is 9.47 Å². The van der Waals surface area contributed by atoms with Gasteiger partial charge in [0.2, 0.25) is 0 Å². The van der Waals surface area contributed by atoms with Gasteiger partial charge in [-0.1, -0.05) is 13.8 Å². The molecule has 0 bridgehead atoms. The monoisotopic (exact) mass is 292 g/mol. The fourth-order valence-electron chi connectivity index (χ4n) is 1.62. The third kappa shape index (κ3) is 6.34. The van der Waals surface area contributed by atoms with Gasteiger partial charge in [0.05, 0.1) is 12.2 Å². The summed E-state index contributed by atoms with van der Waals surface area (Å²) in [5, 5.41) is 8.73. The van der Waals surface area contributed by atoms with E-state index in [0.717, 1.165) is 24.5 Å². The molecule has 0 saturated carbocycles. The van der Waals surface area contributed by atoms with Gasteiger partial charge in [-0.05, 0) is 50.5 Å². The minimum atomic E-state index is -0.979. The number of benzene rings is 1. The largest absolute Gasteiger partial charge is 0.491 e. The molecular formula is C17H24O4. The molecule has 0 fully saturated rings. The van der Waals surface area contributed by atoms with E-state index >= 15 is 0 Å². The van der Waals surface area contributed by atoms with Crippen LogP contribution in [0.25, 0.3) is 6.08 Å². The standard InChI is InChI=1S/C17H24O4/c1-5-12(3)20-15-9-14(7-8-17(18)19)10-16(11-15)21-13(4)6-2/h7-13H,5-6H2,1-4H3,(H,18,19). The molecule has 2 unspecified atom stereocenters. The van der Waals surface area contributed by atoms with Crippen molar-refractivity contribution in [2.24, 2.45) is 0 Å². The number of aliphatic carboxylic acids is 1. The SMILES string of the molecule is CCC(C)Oc1cc(C=CC(=O)O)cc(OC(C)CC)c1. The van der Waals surface area contributed by atoms with Gasteiger partial charge < -0.3 is 14.6 Å². The Hall–Kier alpha value is -1.97. The molecule has 4 heteroatoms. The summed E-state index contributed by atoms with van der Waals surface area (Å²) in [5.74, 6) is 0.401. The number of carboxylic acids is 1. The summed E-state index contributed by atoms with van der Waals surface area (Å²) in [6.45, 7) is 8.09. The van der Waals surface area contributed by atoms with Crippen LogP contribution in [0.4, 0.5) is 0 Å². The summed E-state index contributed by atoms with van der Waals surface area (Å²) in [6.07, 6.45) is 4.64. The predicted octanol–water partition coefficient (Wildman–Crippen LogP) is 4.14. The quantitative estimate of drug-likeness (QED) is 0.732. The van der Waals surface area contributed by atoms with Gasteiger partial charge in [0.25, 0.3) is 0 Å². The number of carbonyl (C=O) groups is 1. The summed E-state index contributed by atoms with van der Waals surface area (Å²) < 4.78 is 11.6. The van der Waals surface area contributed by atoms with Crippen molar-refractivity contribution in [2.45, 2.75) is 52.7 Å². The van der Waals surface area contributed by atoms with E-state index in [9.17, 15) is 4.79 Å². The maximum absolute atomic E-state index is 10.6. The van der Waals surface area contributed by atoms with Gasteiger partial charge in [-0.25, -0.2) is 4.79 Å². The topological polar surface area (TPSA) is 55.8 Å². The molecule has 1 rings (SSSR count). The maximum Gasteiger partial charge on any atom is 0.328 e. The highest BCUT2D eigenvalue weighted by Crippen LogP contribution is 2.26. The molecule has 116 valence electrons. The molecule has 0 spiro atoms. The Bertz CT molecular complexity index is 463. The lowest BCUT2D eigenvalue weighted by Crippen LogP contribution is -2.12. The average molecular weight is 292 g/mol. The molecule has 0 aliphatic rings. The zero-order valence-corrected chi connectivity index (χ0v) is 13.1. The third-order valence-electron chi connectivity index (χ3n) is 3.15. The van der Waals surface area contributed by atoms with Crippen molar-refractivity contribution in [3.63, 3.8) is 0 Å². The second kappa shape index (κ2) is 8.35. The van der Waals surface area contributed by atoms with Crippen LogP contribution in [0.5, 0.6) is 11.5 Å². The number of hydrogen-bond acceptors (Lipinski definition) is 3. The average Bonchev–Trinajstić information content (AvgIpc) is 2.44. The van der Waals surface area contributed by atoms with Gasteiger partial charge in [-0.15, -0.1) is 0 Å². The highest BCUT2D eigenvalue weighted by atomic mass is 16.5. The number of rotatable bonds is 8. The molecule has 1 aromatic rings. The van der Waals surface area contributed by atoms with Crippen LogP contribution in [0.1, 0.15) is 46.1 Å². The fourth-order valence-corrected chi connectivity index (χ4v) is 1.62. The van der Waals surface area contributed by atoms with Crippen molar-refractivity contribution >= 4 is 12.0 Å². The van der Waals surface area contributed by atoms with Gasteiger partial charge in [0.15, 0.2) is 0 Å². The lowest BCUT2D eigenvalue weighted by molar-refractivity contribution is -0.131. The maximum atomic E-state index is 10.6. The Labute approximate surface area is 126 Å². The van der Waals surface area contributed by atoms with Crippen LogP contribution in [0, 0.1) is 0 Å². The Balaban J connectivity index is 3.03. The van der Waals surface area contributed by atoms with Gasteiger partial charge in [-0.3, -0.25) is 0 Å². The molecule has 0 aromatic heterocycles. The Morgan fingerprint density at radius 3 is 1.95 bits per heavy atom. The molecule has 0 saturated heterocycles. The molecule has 4 nitrogen and oxygen atoms in total. The Kier molecular flexibility index (Phi) is 6.79. The van der Waals surface area contributed by atoms with Gasteiger partial charge in [-0.2, -0.15) is 0 Å². The van der Waals surface area contributed by atoms with Crippen LogP contribution in [0.15, 0.2) is 24.3 Å². The molecule has 0 aliphatic heterocycles. The molecule has 1 aromatic carbocycles. The van der Waals surface area contributed by atoms with Crippen molar-refractivity contribution in [1.82, 2.24) is 0 Å². The number of ether oxygens (including phenoxy) is 2. The van der Waals surface area contributed by atoms with Crippen LogP contribution in [0.2, 0.25) is 0 Å². The minimum Gasteiger partial charge on any atom is -0.491 e. The van der Waals surface area contributed by atoms with E-state index in [2.05, 4.69) is 13.8 Å². The van der Waals surface area contributed by atoms with Crippen molar-refractivity contribution in [2.75, 3.05) is 0 Å². The molecule has 0 radical (unpaired) electrons. The number of hydrogen-bond donors (Lipinski definition) is 1. The van der Waals surface area contributed by atoms with Crippen molar-refractivity contribution in [3.8, 4) is 11.5 Å². The molecule has 0 aliphatic carbocycles. The summed E-state index contributed by atoms with van der Waals surface area (Å²) in [7, 11) is 0. The fraction of sp³-hybridized carbons (Fsp3) is 0.471. The summed E-state index contributed by atoms with van der Waals surface area (Å²) in [5.41, 5.74) is 0.747. The van der Waals surface area contributed by atoms with Crippen LogP contribution >= 0.6 is 0 Å². The Morgan fingerprint density at radius 1 is 1.10 bits per heavy atom. The highest BCUT2D eigenvalue weighted by molar-refractivity contribution is 5.85. The zero-order valence-electron chi connectivity index (χ0n) is 13.1. The van der Waals surface area contributed by atoms with Crippen molar-refractivity contribution in [3.05, 3.63) is 29.8 Å². The highest BCUT2D eigenvalue weighted by Gasteiger charge is 2.07. The minimum absolute atomic E-state index is 0.0974. The van der Waals surface area contributed by atoms with E-state index in [1.807, 2.05) is 32.0 Å². The normalized spacial score (nSPS) is 13.9. The smallest absolute Gasteiger partial charge is 0.328 e. The van der Waals surface area contributed by atoms with Gasteiger partial charge >= 0.3 is 5.97 Å². The molecular weight excluding hydrogens is 268 g/mol. The first kappa shape index (κ1) is 17.1. The Morgan fingerprint density at radius 2 is 1.57 bits per heavy atom. The van der Waals surface area contributed by atoms with E-state index in [1.165, 1.54) is 6.08 Å². The van der Waals surface area contributed by atoms with Crippen molar-refractivity contribution in [1.29, 1.82) is 0 Å².